The van der Waals surface area contributed by atoms with E-state index < -0.39 is 12.2 Å². The maximum atomic E-state index is 10.0. The number of pyridine rings is 1. The molecule has 5 heteroatoms. The standard InChI is InChI=1S/C35H33NO4/c1-3-33(37)28-9-5-24(6-10-28)26-13-17-30(18-14-26)39-32-21-22-36-35(23-32)40-31-19-15-27(16-20-31)25-7-11-29(12-8-25)34(38)4-2/h5-23,33-34,37-38H,3-4H2,1-2H3. The van der Waals surface area contributed by atoms with Crippen LogP contribution < -0.4 is 9.47 Å². The number of aromatic nitrogens is 1. The van der Waals surface area contributed by atoms with Gasteiger partial charge in [-0.25, -0.2) is 4.98 Å². The van der Waals surface area contributed by atoms with Crippen LogP contribution in [0.4, 0.5) is 0 Å². The summed E-state index contributed by atoms with van der Waals surface area (Å²) in [7, 11) is 0. The van der Waals surface area contributed by atoms with E-state index in [9.17, 15) is 10.2 Å². The SMILES string of the molecule is CCC(O)c1ccc(-c2ccc(Oc3ccnc(Oc4ccc(-c5ccc(C(O)CC)cc5)cc4)c3)cc2)cc1. The lowest BCUT2D eigenvalue weighted by Crippen LogP contribution is -1.94. The molecule has 5 rings (SSSR count). The van der Waals surface area contributed by atoms with Crippen molar-refractivity contribution in [3.8, 4) is 45.4 Å². The van der Waals surface area contributed by atoms with Crippen LogP contribution in [0, 0.1) is 0 Å². The molecule has 5 nitrogen and oxygen atoms in total. The first-order chi connectivity index (χ1) is 19.5. The molecule has 5 aromatic rings. The van der Waals surface area contributed by atoms with E-state index in [0.717, 1.165) is 33.4 Å². The van der Waals surface area contributed by atoms with Crippen molar-refractivity contribution in [1.29, 1.82) is 0 Å². The van der Waals surface area contributed by atoms with Crippen LogP contribution in [-0.2, 0) is 0 Å². The molecule has 0 saturated heterocycles. The van der Waals surface area contributed by atoms with E-state index in [2.05, 4.69) is 4.98 Å². The monoisotopic (exact) mass is 531 g/mol. The molecule has 202 valence electrons. The average molecular weight is 532 g/mol. The Morgan fingerprint density at radius 2 is 0.925 bits per heavy atom. The lowest BCUT2D eigenvalue weighted by molar-refractivity contribution is 0.173. The topological polar surface area (TPSA) is 71.8 Å². The van der Waals surface area contributed by atoms with E-state index in [1.165, 1.54) is 0 Å². The van der Waals surface area contributed by atoms with E-state index in [-0.39, 0.29) is 0 Å². The molecule has 2 N–H and O–H groups in total. The Balaban J connectivity index is 1.21. The molecule has 4 aromatic carbocycles. The molecule has 0 amide bonds. The van der Waals surface area contributed by atoms with Gasteiger partial charge in [-0.1, -0.05) is 86.6 Å². The third-order valence-corrected chi connectivity index (χ3v) is 6.90. The van der Waals surface area contributed by atoms with Gasteiger partial charge in [-0.15, -0.1) is 0 Å². The van der Waals surface area contributed by atoms with Gasteiger partial charge in [0.1, 0.15) is 17.2 Å². The zero-order chi connectivity index (χ0) is 27.9. The predicted molar refractivity (Wildman–Crippen MR) is 159 cm³/mol. The van der Waals surface area contributed by atoms with Crippen molar-refractivity contribution in [3.05, 3.63) is 127 Å². The molecule has 40 heavy (non-hydrogen) atoms. The number of hydrogen-bond acceptors (Lipinski definition) is 5. The van der Waals surface area contributed by atoms with Crippen molar-refractivity contribution in [1.82, 2.24) is 4.98 Å². The Morgan fingerprint density at radius 3 is 1.35 bits per heavy atom. The Morgan fingerprint density at radius 1 is 0.525 bits per heavy atom. The number of hydrogen-bond donors (Lipinski definition) is 2. The summed E-state index contributed by atoms with van der Waals surface area (Å²) in [6, 6.07) is 35.2. The Bertz CT molecular complexity index is 1400. The highest BCUT2D eigenvalue weighted by Gasteiger charge is 2.08. The number of aliphatic hydroxyl groups excluding tert-OH is 2. The maximum Gasteiger partial charge on any atom is 0.222 e. The van der Waals surface area contributed by atoms with Gasteiger partial charge in [-0.3, -0.25) is 0 Å². The van der Waals surface area contributed by atoms with Crippen molar-refractivity contribution in [3.63, 3.8) is 0 Å². The van der Waals surface area contributed by atoms with Gasteiger partial charge in [0.2, 0.25) is 5.88 Å². The molecule has 0 spiro atoms. The number of benzene rings is 4. The third-order valence-electron chi connectivity index (χ3n) is 6.90. The first-order valence-corrected chi connectivity index (χ1v) is 13.6. The van der Waals surface area contributed by atoms with Crippen LogP contribution in [0.1, 0.15) is 50.0 Å². The normalized spacial score (nSPS) is 12.5. The summed E-state index contributed by atoms with van der Waals surface area (Å²) in [6.07, 6.45) is 2.19. The largest absolute Gasteiger partial charge is 0.457 e. The highest BCUT2D eigenvalue weighted by molar-refractivity contribution is 5.65. The minimum atomic E-state index is -0.429. The molecule has 0 aliphatic rings. The second-order valence-corrected chi connectivity index (χ2v) is 9.67. The minimum Gasteiger partial charge on any atom is -0.457 e. The zero-order valence-electron chi connectivity index (χ0n) is 22.7. The fourth-order valence-corrected chi connectivity index (χ4v) is 4.47. The summed E-state index contributed by atoms with van der Waals surface area (Å²) in [4.78, 5) is 4.33. The van der Waals surface area contributed by atoms with Crippen molar-refractivity contribution in [2.24, 2.45) is 0 Å². The van der Waals surface area contributed by atoms with Crippen LogP contribution in [0.15, 0.2) is 115 Å². The van der Waals surface area contributed by atoms with Crippen molar-refractivity contribution >= 4 is 0 Å². The van der Waals surface area contributed by atoms with Crippen LogP contribution in [0.5, 0.6) is 23.1 Å². The highest BCUT2D eigenvalue weighted by atomic mass is 16.5. The molecule has 1 aromatic heterocycles. The molecule has 2 unspecified atom stereocenters. The number of ether oxygens (including phenoxy) is 2. The van der Waals surface area contributed by atoms with Crippen molar-refractivity contribution in [2.75, 3.05) is 0 Å². The van der Waals surface area contributed by atoms with Gasteiger partial charge in [0.25, 0.3) is 0 Å². The average Bonchev–Trinajstić information content (AvgIpc) is 3.01. The summed E-state index contributed by atoms with van der Waals surface area (Å²) in [5.74, 6) is 2.45. The number of nitrogens with zero attached hydrogens (tertiary/aromatic N) is 1. The fourth-order valence-electron chi connectivity index (χ4n) is 4.47. The van der Waals surface area contributed by atoms with Crippen LogP contribution in [0.3, 0.4) is 0 Å². The molecule has 0 radical (unpaired) electrons. The maximum absolute atomic E-state index is 10.0. The van der Waals surface area contributed by atoms with E-state index in [1.54, 1.807) is 18.3 Å². The van der Waals surface area contributed by atoms with Crippen LogP contribution in [0.2, 0.25) is 0 Å². The minimum absolute atomic E-state index is 0.428. The first-order valence-electron chi connectivity index (χ1n) is 13.6. The zero-order valence-corrected chi connectivity index (χ0v) is 22.7. The Hall–Kier alpha value is -4.45. The Labute approximate surface area is 235 Å². The fraction of sp³-hybridized carbons (Fsp3) is 0.171. The molecule has 2 atom stereocenters. The van der Waals surface area contributed by atoms with Crippen LogP contribution >= 0.6 is 0 Å². The van der Waals surface area contributed by atoms with Gasteiger partial charge in [0, 0.05) is 12.3 Å². The molecule has 1 heterocycles. The molecule has 0 bridgehead atoms. The van der Waals surface area contributed by atoms with Gasteiger partial charge in [0.05, 0.1) is 12.2 Å². The van der Waals surface area contributed by atoms with Gasteiger partial charge in [-0.05, 0) is 76.6 Å². The summed E-state index contributed by atoms with van der Waals surface area (Å²) in [6.45, 7) is 3.93. The predicted octanol–water partition coefficient (Wildman–Crippen LogP) is 8.89. The van der Waals surface area contributed by atoms with Crippen molar-refractivity contribution < 1.29 is 19.7 Å². The lowest BCUT2D eigenvalue weighted by atomic mass is 10.0. The third kappa shape index (κ3) is 6.57. The Kier molecular flexibility index (Phi) is 8.55. The molecule has 0 aliphatic heterocycles. The van der Waals surface area contributed by atoms with Gasteiger partial charge < -0.3 is 19.7 Å². The first kappa shape index (κ1) is 27.1. The summed E-state index contributed by atoms with van der Waals surface area (Å²) in [5.41, 5.74) is 6.14. The highest BCUT2D eigenvalue weighted by Crippen LogP contribution is 2.31. The quantitative estimate of drug-likeness (QED) is 0.188. The van der Waals surface area contributed by atoms with Gasteiger partial charge >= 0.3 is 0 Å². The van der Waals surface area contributed by atoms with E-state index in [4.69, 9.17) is 9.47 Å². The molecule has 0 fully saturated rings. The van der Waals surface area contributed by atoms with Gasteiger partial charge in [0.15, 0.2) is 0 Å². The molecular weight excluding hydrogens is 498 g/mol. The number of rotatable bonds is 10. The van der Waals surface area contributed by atoms with Crippen LogP contribution in [0.25, 0.3) is 22.3 Å². The molecule has 0 aliphatic carbocycles. The lowest BCUT2D eigenvalue weighted by Gasteiger charge is -2.11. The molecule has 0 saturated carbocycles. The van der Waals surface area contributed by atoms with Crippen LogP contribution in [-0.4, -0.2) is 15.2 Å². The number of aliphatic hydroxyl groups is 2. The smallest absolute Gasteiger partial charge is 0.222 e. The molecular formula is C35H33NO4. The van der Waals surface area contributed by atoms with Crippen molar-refractivity contribution in [2.45, 2.75) is 38.9 Å². The summed E-state index contributed by atoms with van der Waals surface area (Å²) in [5, 5.41) is 20.0. The van der Waals surface area contributed by atoms with E-state index >= 15 is 0 Å². The summed E-state index contributed by atoms with van der Waals surface area (Å²) >= 11 is 0. The second kappa shape index (κ2) is 12.6. The van der Waals surface area contributed by atoms with E-state index in [0.29, 0.717) is 36.0 Å². The summed E-state index contributed by atoms with van der Waals surface area (Å²) < 4.78 is 12.0. The van der Waals surface area contributed by atoms with Gasteiger partial charge in [-0.2, -0.15) is 0 Å². The van der Waals surface area contributed by atoms with E-state index in [1.807, 2.05) is 111 Å². The second-order valence-electron chi connectivity index (χ2n) is 9.67.